The molecule has 2 heterocycles. The Labute approximate surface area is 131 Å². The summed E-state index contributed by atoms with van der Waals surface area (Å²) in [4.78, 5) is 17.1. The lowest BCUT2D eigenvalue weighted by Crippen LogP contribution is -2.14. The zero-order valence-electron chi connectivity index (χ0n) is 12.9. The highest BCUT2D eigenvalue weighted by atomic mass is 19.3. The van der Waals surface area contributed by atoms with Gasteiger partial charge in [-0.3, -0.25) is 0 Å². The molecule has 0 aromatic carbocycles. The number of hydrogen-bond acceptors (Lipinski definition) is 8. The monoisotopic (exact) mass is 327 g/mol. The van der Waals surface area contributed by atoms with Crippen LogP contribution in [0.2, 0.25) is 0 Å². The molecule has 10 heteroatoms. The summed E-state index contributed by atoms with van der Waals surface area (Å²) in [7, 11) is 3.29. The van der Waals surface area contributed by atoms with Crippen molar-refractivity contribution in [1.82, 2.24) is 19.9 Å². The standard InChI is InChI=1S/C13H19F2N7O/c1-16-12-19-7(4-3-5-23)9-10(21-12)11(18-6-8(14)15)22-13(17-2)20-9/h8,23H,3-6H2,1-2H3,(H,16,19,21)(H2,17,18,20,22). The average Bonchev–Trinajstić information content (AvgIpc) is 2.56. The van der Waals surface area contributed by atoms with Gasteiger partial charge in [0.2, 0.25) is 11.9 Å². The molecule has 0 radical (unpaired) electrons. The van der Waals surface area contributed by atoms with Gasteiger partial charge in [-0.15, -0.1) is 0 Å². The molecule has 0 aliphatic rings. The van der Waals surface area contributed by atoms with Crippen LogP contribution >= 0.6 is 0 Å². The minimum absolute atomic E-state index is 0.0147. The summed E-state index contributed by atoms with van der Waals surface area (Å²) in [5, 5.41) is 17.2. The van der Waals surface area contributed by atoms with Gasteiger partial charge >= 0.3 is 0 Å². The van der Waals surface area contributed by atoms with Crippen LogP contribution in [-0.2, 0) is 6.42 Å². The van der Waals surface area contributed by atoms with Crippen molar-refractivity contribution in [2.75, 3.05) is 43.2 Å². The first-order chi connectivity index (χ1) is 11.1. The molecule has 0 saturated heterocycles. The van der Waals surface area contributed by atoms with Crippen molar-refractivity contribution in [3.63, 3.8) is 0 Å². The number of rotatable bonds is 8. The number of fused-ring (bicyclic) bond motifs is 1. The van der Waals surface area contributed by atoms with Gasteiger partial charge in [0.05, 0.1) is 12.2 Å². The number of aromatic nitrogens is 4. The molecule has 4 N–H and O–H groups in total. The van der Waals surface area contributed by atoms with Gasteiger partial charge in [-0.1, -0.05) is 0 Å². The molecule has 0 saturated carbocycles. The van der Waals surface area contributed by atoms with Gasteiger partial charge in [-0.25, -0.2) is 23.7 Å². The quantitative estimate of drug-likeness (QED) is 0.571. The van der Waals surface area contributed by atoms with Gasteiger partial charge in [0.1, 0.15) is 11.0 Å². The lowest BCUT2D eigenvalue weighted by atomic mass is 10.2. The molecule has 0 aliphatic heterocycles. The summed E-state index contributed by atoms with van der Waals surface area (Å²) in [6.07, 6.45) is -1.52. The van der Waals surface area contributed by atoms with Crippen LogP contribution in [0.15, 0.2) is 0 Å². The maximum absolute atomic E-state index is 12.5. The highest BCUT2D eigenvalue weighted by Gasteiger charge is 2.16. The largest absolute Gasteiger partial charge is 0.396 e. The molecule has 0 atom stereocenters. The van der Waals surface area contributed by atoms with Gasteiger partial charge in [0.15, 0.2) is 5.82 Å². The number of halogens is 2. The Morgan fingerprint density at radius 1 is 1.00 bits per heavy atom. The van der Waals surface area contributed by atoms with Gasteiger partial charge in [-0.2, -0.15) is 4.98 Å². The number of aliphatic hydroxyl groups excluding tert-OH is 1. The van der Waals surface area contributed by atoms with Crippen molar-refractivity contribution >= 4 is 28.7 Å². The molecule has 2 aromatic heterocycles. The molecule has 0 unspecified atom stereocenters. The second-order valence-electron chi connectivity index (χ2n) is 4.69. The van der Waals surface area contributed by atoms with Gasteiger partial charge in [0.25, 0.3) is 6.43 Å². The maximum atomic E-state index is 12.5. The summed E-state index contributed by atoms with van der Waals surface area (Å²) >= 11 is 0. The topological polar surface area (TPSA) is 108 Å². The molecular weight excluding hydrogens is 308 g/mol. The third kappa shape index (κ3) is 4.09. The smallest absolute Gasteiger partial charge is 0.255 e. The molecule has 2 aromatic rings. The van der Waals surface area contributed by atoms with Crippen LogP contribution in [0, 0.1) is 0 Å². The SMILES string of the molecule is CNc1nc(NCC(F)F)c2nc(NC)nc(CCCO)c2n1. The van der Waals surface area contributed by atoms with Crippen LogP contribution in [-0.4, -0.2) is 58.7 Å². The normalized spacial score (nSPS) is 11.0. The fourth-order valence-electron chi connectivity index (χ4n) is 2.02. The van der Waals surface area contributed by atoms with E-state index in [1.807, 2.05) is 0 Å². The fourth-order valence-corrected chi connectivity index (χ4v) is 2.02. The lowest BCUT2D eigenvalue weighted by Gasteiger charge is -2.13. The van der Waals surface area contributed by atoms with Gasteiger partial charge in [0, 0.05) is 20.7 Å². The lowest BCUT2D eigenvalue weighted by molar-refractivity contribution is 0.163. The second-order valence-corrected chi connectivity index (χ2v) is 4.69. The maximum Gasteiger partial charge on any atom is 0.255 e. The van der Waals surface area contributed by atoms with E-state index >= 15 is 0 Å². The van der Waals surface area contributed by atoms with E-state index in [1.54, 1.807) is 14.1 Å². The molecule has 2 rings (SSSR count). The predicted molar refractivity (Wildman–Crippen MR) is 84.1 cm³/mol. The minimum Gasteiger partial charge on any atom is -0.396 e. The van der Waals surface area contributed by atoms with E-state index in [-0.39, 0.29) is 18.4 Å². The molecule has 0 spiro atoms. The number of aliphatic hydroxyl groups is 1. The van der Waals surface area contributed by atoms with Crippen LogP contribution in [0.25, 0.3) is 11.0 Å². The number of anilines is 3. The van der Waals surface area contributed by atoms with Crippen LogP contribution in [0.5, 0.6) is 0 Å². The number of aryl methyl sites for hydroxylation is 1. The van der Waals surface area contributed by atoms with Crippen LogP contribution < -0.4 is 16.0 Å². The summed E-state index contributed by atoms with van der Waals surface area (Å²) in [6.45, 7) is -0.527. The van der Waals surface area contributed by atoms with Crippen molar-refractivity contribution in [3.05, 3.63) is 5.69 Å². The number of hydrogen-bond donors (Lipinski definition) is 4. The Hall–Kier alpha value is -2.36. The number of nitrogens with one attached hydrogen (secondary N) is 3. The minimum atomic E-state index is -2.52. The molecule has 0 aliphatic carbocycles. The van der Waals surface area contributed by atoms with E-state index in [2.05, 4.69) is 35.9 Å². The molecular formula is C13H19F2N7O. The summed E-state index contributed by atoms with van der Waals surface area (Å²) in [5.41, 5.74) is 1.44. The van der Waals surface area contributed by atoms with E-state index in [0.29, 0.717) is 35.5 Å². The Bertz CT molecular complexity index is 668. The first-order valence-electron chi connectivity index (χ1n) is 7.16. The van der Waals surface area contributed by atoms with E-state index in [1.165, 1.54) is 0 Å². The first-order valence-corrected chi connectivity index (χ1v) is 7.16. The molecule has 23 heavy (non-hydrogen) atoms. The van der Waals surface area contributed by atoms with E-state index < -0.39 is 13.0 Å². The van der Waals surface area contributed by atoms with E-state index in [0.717, 1.165) is 0 Å². The van der Waals surface area contributed by atoms with Gasteiger partial charge < -0.3 is 21.1 Å². The third-order valence-electron chi connectivity index (χ3n) is 3.06. The highest BCUT2D eigenvalue weighted by Crippen LogP contribution is 2.24. The average molecular weight is 327 g/mol. The van der Waals surface area contributed by atoms with Crippen molar-refractivity contribution in [2.45, 2.75) is 19.3 Å². The fraction of sp³-hybridized carbons (Fsp3) is 0.538. The van der Waals surface area contributed by atoms with Gasteiger partial charge in [-0.05, 0) is 12.8 Å². The molecule has 8 nitrogen and oxygen atoms in total. The Kier molecular flexibility index (Phi) is 5.74. The predicted octanol–water partition coefficient (Wildman–Crippen LogP) is 1.11. The number of nitrogens with zero attached hydrogens (tertiary/aromatic N) is 4. The molecule has 0 amide bonds. The van der Waals surface area contributed by atoms with E-state index in [9.17, 15) is 8.78 Å². The highest BCUT2D eigenvalue weighted by molar-refractivity contribution is 5.88. The molecule has 0 bridgehead atoms. The summed E-state index contributed by atoms with van der Waals surface area (Å²) in [6, 6.07) is 0. The van der Waals surface area contributed by atoms with Crippen molar-refractivity contribution in [1.29, 1.82) is 0 Å². The Balaban J connectivity index is 2.58. The third-order valence-corrected chi connectivity index (χ3v) is 3.06. The molecule has 0 fully saturated rings. The Morgan fingerprint density at radius 3 is 2.26 bits per heavy atom. The van der Waals surface area contributed by atoms with Crippen molar-refractivity contribution < 1.29 is 13.9 Å². The zero-order chi connectivity index (χ0) is 16.8. The second kappa shape index (κ2) is 7.77. The van der Waals surface area contributed by atoms with Crippen molar-refractivity contribution in [3.8, 4) is 0 Å². The summed E-state index contributed by atoms with van der Waals surface area (Å²) < 4.78 is 25.0. The van der Waals surface area contributed by atoms with Crippen LogP contribution in [0.1, 0.15) is 12.1 Å². The Morgan fingerprint density at radius 2 is 1.65 bits per heavy atom. The van der Waals surface area contributed by atoms with E-state index in [4.69, 9.17) is 5.11 Å². The first kappa shape index (κ1) is 17.0. The zero-order valence-corrected chi connectivity index (χ0v) is 12.9. The molecule has 126 valence electrons. The number of alkyl halides is 2. The summed E-state index contributed by atoms with van der Waals surface area (Å²) in [5.74, 6) is 0.829. The van der Waals surface area contributed by atoms with Crippen molar-refractivity contribution in [2.24, 2.45) is 0 Å². The van der Waals surface area contributed by atoms with Crippen LogP contribution in [0.4, 0.5) is 26.5 Å². The van der Waals surface area contributed by atoms with Crippen LogP contribution in [0.3, 0.4) is 0 Å².